The Balaban J connectivity index is 2.93. The van der Waals surface area contributed by atoms with Crippen molar-refractivity contribution >= 4 is 11.6 Å². The van der Waals surface area contributed by atoms with E-state index in [0.717, 1.165) is 0 Å². The first kappa shape index (κ1) is 12.1. The molecule has 4 nitrogen and oxygen atoms in total. The fraction of sp³-hybridized carbons (Fsp3) is 0.250. The van der Waals surface area contributed by atoms with Gasteiger partial charge in [0.25, 0.3) is 5.91 Å². The highest BCUT2D eigenvalue weighted by Crippen LogP contribution is 2.11. The molecule has 1 aromatic heterocycles. The first-order valence-corrected chi connectivity index (χ1v) is 5.03. The second-order valence-corrected chi connectivity index (χ2v) is 3.56. The molecule has 1 heterocycles. The summed E-state index contributed by atoms with van der Waals surface area (Å²) in [5.74, 6) is -0.0704. The molecular formula is C12H17N3O. The SMILES string of the molecule is C=CCN(CC=C)C(=O)c1cc(N)cn1C. The number of nitrogens with two attached hydrogens (primary N) is 1. The lowest BCUT2D eigenvalue weighted by Gasteiger charge is -2.19. The highest BCUT2D eigenvalue weighted by atomic mass is 16.2. The van der Waals surface area contributed by atoms with E-state index in [4.69, 9.17) is 5.73 Å². The first-order chi connectivity index (χ1) is 7.60. The van der Waals surface area contributed by atoms with Crippen molar-refractivity contribution in [2.45, 2.75) is 0 Å². The molecule has 1 amide bonds. The Bertz CT molecular complexity index is 396. The Labute approximate surface area is 95.7 Å². The molecular weight excluding hydrogens is 202 g/mol. The monoisotopic (exact) mass is 219 g/mol. The molecule has 86 valence electrons. The van der Waals surface area contributed by atoms with Crippen molar-refractivity contribution in [1.82, 2.24) is 9.47 Å². The highest BCUT2D eigenvalue weighted by molar-refractivity contribution is 5.94. The molecule has 0 aliphatic rings. The Hall–Kier alpha value is -1.97. The fourth-order valence-corrected chi connectivity index (χ4v) is 1.52. The predicted molar refractivity (Wildman–Crippen MR) is 66.1 cm³/mol. The molecule has 0 atom stereocenters. The van der Waals surface area contributed by atoms with Gasteiger partial charge in [-0.15, -0.1) is 13.2 Å². The molecule has 0 spiro atoms. The number of hydrogen-bond donors (Lipinski definition) is 1. The van der Waals surface area contributed by atoms with Gasteiger partial charge in [-0.2, -0.15) is 0 Å². The largest absolute Gasteiger partial charge is 0.397 e. The van der Waals surface area contributed by atoms with Crippen molar-refractivity contribution in [2.24, 2.45) is 7.05 Å². The zero-order chi connectivity index (χ0) is 12.1. The summed E-state index contributed by atoms with van der Waals surface area (Å²) >= 11 is 0. The van der Waals surface area contributed by atoms with Crippen LogP contribution in [-0.2, 0) is 7.05 Å². The number of rotatable bonds is 5. The summed E-state index contributed by atoms with van der Waals surface area (Å²) in [7, 11) is 1.80. The van der Waals surface area contributed by atoms with Crippen molar-refractivity contribution in [3.05, 3.63) is 43.3 Å². The number of aromatic nitrogens is 1. The van der Waals surface area contributed by atoms with Gasteiger partial charge in [0.15, 0.2) is 0 Å². The van der Waals surface area contributed by atoms with Crippen LogP contribution in [-0.4, -0.2) is 28.5 Å². The Morgan fingerprint density at radius 2 is 2.06 bits per heavy atom. The molecule has 2 N–H and O–H groups in total. The number of aryl methyl sites for hydroxylation is 1. The van der Waals surface area contributed by atoms with Gasteiger partial charge in [-0.05, 0) is 6.07 Å². The quantitative estimate of drug-likeness (QED) is 0.761. The predicted octanol–water partition coefficient (Wildman–Crippen LogP) is 1.42. The van der Waals surface area contributed by atoms with Crippen molar-refractivity contribution in [3.63, 3.8) is 0 Å². The van der Waals surface area contributed by atoms with Gasteiger partial charge in [-0.1, -0.05) is 12.2 Å². The standard InChI is InChI=1S/C12H17N3O/c1-4-6-15(7-5-2)12(16)11-8-10(13)9-14(11)3/h4-5,8-9H,1-2,6-7,13H2,3H3. The van der Waals surface area contributed by atoms with E-state index in [0.29, 0.717) is 24.5 Å². The van der Waals surface area contributed by atoms with Crippen LogP contribution in [0.5, 0.6) is 0 Å². The molecule has 0 unspecified atom stereocenters. The molecule has 4 heteroatoms. The van der Waals surface area contributed by atoms with E-state index in [9.17, 15) is 4.79 Å². The van der Waals surface area contributed by atoms with Crippen molar-refractivity contribution in [3.8, 4) is 0 Å². The summed E-state index contributed by atoms with van der Waals surface area (Å²) in [5, 5.41) is 0. The summed E-state index contributed by atoms with van der Waals surface area (Å²) < 4.78 is 1.72. The summed E-state index contributed by atoms with van der Waals surface area (Å²) in [6, 6.07) is 1.67. The molecule has 0 saturated heterocycles. The van der Waals surface area contributed by atoms with Gasteiger partial charge < -0.3 is 15.2 Å². The van der Waals surface area contributed by atoms with E-state index in [1.807, 2.05) is 0 Å². The number of hydrogen-bond acceptors (Lipinski definition) is 2. The van der Waals surface area contributed by atoms with Gasteiger partial charge in [0.2, 0.25) is 0 Å². The van der Waals surface area contributed by atoms with Crippen LogP contribution < -0.4 is 5.73 Å². The van der Waals surface area contributed by atoms with Gasteiger partial charge in [-0.3, -0.25) is 4.79 Å². The van der Waals surface area contributed by atoms with Crippen LogP contribution in [0.1, 0.15) is 10.5 Å². The maximum Gasteiger partial charge on any atom is 0.271 e. The van der Waals surface area contributed by atoms with Gasteiger partial charge in [0.05, 0.1) is 5.69 Å². The molecule has 1 aromatic rings. The van der Waals surface area contributed by atoms with Gasteiger partial charge in [0, 0.05) is 26.3 Å². The van der Waals surface area contributed by atoms with E-state index in [-0.39, 0.29) is 5.91 Å². The van der Waals surface area contributed by atoms with Crippen LogP contribution in [0.3, 0.4) is 0 Å². The van der Waals surface area contributed by atoms with Gasteiger partial charge in [-0.25, -0.2) is 0 Å². The lowest BCUT2D eigenvalue weighted by Crippen LogP contribution is -2.32. The number of nitrogens with zero attached hydrogens (tertiary/aromatic N) is 2. The average Bonchev–Trinajstić information content (AvgIpc) is 2.56. The zero-order valence-electron chi connectivity index (χ0n) is 9.52. The van der Waals surface area contributed by atoms with E-state index in [1.165, 1.54) is 0 Å². The van der Waals surface area contributed by atoms with Crippen LogP contribution in [0, 0.1) is 0 Å². The summed E-state index contributed by atoms with van der Waals surface area (Å²) in [6.07, 6.45) is 5.09. The number of nitrogen functional groups attached to an aromatic ring is 1. The summed E-state index contributed by atoms with van der Waals surface area (Å²) in [6.45, 7) is 8.25. The first-order valence-electron chi connectivity index (χ1n) is 5.03. The highest BCUT2D eigenvalue weighted by Gasteiger charge is 2.16. The minimum absolute atomic E-state index is 0.0704. The van der Waals surface area contributed by atoms with E-state index in [2.05, 4.69) is 13.2 Å². The zero-order valence-corrected chi connectivity index (χ0v) is 9.52. The molecule has 0 aliphatic heterocycles. The topological polar surface area (TPSA) is 51.3 Å². The number of anilines is 1. The van der Waals surface area contributed by atoms with Crippen LogP contribution in [0.25, 0.3) is 0 Å². The maximum absolute atomic E-state index is 12.1. The van der Waals surface area contributed by atoms with Crippen molar-refractivity contribution in [1.29, 1.82) is 0 Å². The third-order valence-electron chi connectivity index (χ3n) is 2.23. The second-order valence-electron chi connectivity index (χ2n) is 3.56. The van der Waals surface area contributed by atoms with Crippen LogP contribution >= 0.6 is 0 Å². The summed E-state index contributed by atoms with van der Waals surface area (Å²) in [5.41, 5.74) is 6.79. The summed E-state index contributed by atoms with van der Waals surface area (Å²) in [4.78, 5) is 13.8. The smallest absolute Gasteiger partial charge is 0.271 e. The molecule has 0 radical (unpaired) electrons. The molecule has 0 fully saturated rings. The second kappa shape index (κ2) is 5.21. The van der Waals surface area contributed by atoms with Gasteiger partial charge >= 0.3 is 0 Å². The normalized spacial score (nSPS) is 9.81. The Morgan fingerprint density at radius 3 is 2.44 bits per heavy atom. The van der Waals surface area contributed by atoms with Crippen molar-refractivity contribution < 1.29 is 4.79 Å². The van der Waals surface area contributed by atoms with Crippen LogP contribution in [0.2, 0.25) is 0 Å². The van der Waals surface area contributed by atoms with Gasteiger partial charge in [0.1, 0.15) is 5.69 Å². The molecule has 0 aromatic carbocycles. The van der Waals surface area contributed by atoms with Crippen molar-refractivity contribution in [2.75, 3.05) is 18.8 Å². The minimum Gasteiger partial charge on any atom is -0.397 e. The average molecular weight is 219 g/mol. The number of carbonyl (C=O) groups is 1. The lowest BCUT2D eigenvalue weighted by molar-refractivity contribution is 0.0781. The molecule has 1 rings (SSSR count). The minimum atomic E-state index is -0.0704. The molecule has 16 heavy (non-hydrogen) atoms. The van der Waals surface area contributed by atoms with Crippen LogP contribution in [0.15, 0.2) is 37.6 Å². The third kappa shape index (κ3) is 2.53. The molecule has 0 bridgehead atoms. The maximum atomic E-state index is 12.1. The third-order valence-corrected chi connectivity index (χ3v) is 2.23. The molecule has 0 saturated carbocycles. The van der Waals surface area contributed by atoms with E-state index < -0.39 is 0 Å². The number of carbonyl (C=O) groups excluding carboxylic acids is 1. The van der Waals surface area contributed by atoms with Crippen LogP contribution in [0.4, 0.5) is 5.69 Å². The molecule has 0 aliphatic carbocycles. The Morgan fingerprint density at radius 1 is 1.50 bits per heavy atom. The fourth-order valence-electron chi connectivity index (χ4n) is 1.52. The van der Waals surface area contributed by atoms with E-state index in [1.54, 1.807) is 40.9 Å². The number of amides is 1. The Kier molecular flexibility index (Phi) is 3.94. The lowest BCUT2D eigenvalue weighted by atomic mass is 10.3. The van der Waals surface area contributed by atoms with E-state index >= 15 is 0 Å².